The molecular formula is C19H21NO4. The van der Waals surface area contributed by atoms with E-state index in [0.717, 1.165) is 16.7 Å². The summed E-state index contributed by atoms with van der Waals surface area (Å²) in [5, 5.41) is 18.6. The summed E-state index contributed by atoms with van der Waals surface area (Å²) in [6.45, 7) is 1.62. The van der Waals surface area contributed by atoms with Crippen molar-refractivity contribution in [3.05, 3.63) is 70.8 Å². The molecule has 0 fully saturated rings. The Morgan fingerprint density at radius 2 is 1.88 bits per heavy atom. The van der Waals surface area contributed by atoms with Crippen molar-refractivity contribution in [2.45, 2.75) is 31.8 Å². The van der Waals surface area contributed by atoms with Crippen molar-refractivity contribution in [2.75, 3.05) is 6.61 Å². The minimum Gasteiger partial charge on any atom is -0.444 e. The fourth-order valence-electron chi connectivity index (χ4n) is 3.15. The largest absolute Gasteiger partial charge is 0.444 e. The lowest BCUT2D eigenvalue weighted by atomic mass is 10.0. The van der Waals surface area contributed by atoms with E-state index in [1.54, 1.807) is 0 Å². The lowest BCUT2D eigenvalue weighted by Gasteiger charge is -2.25. The highest BCUT2D eigenvalue weighted by Crippen LogP contribution is 2.32. The maximum atomic E-state index is 10.9. The molecule has 2 unspecified atom stereocenters. The summed E-state index contributed by atoms with van der Waals surface area (Å²) in [5.74, 6) is 0. The van der Waals surface area contributed by atoms with Crippen LogP contribution < -0.4 is 0 Å². The molecule has 3 rings (SSSR count). The van der Waals surface area contributed by atoms with Crippen LogP contribution in [0, 0.1) is 0 Å². The zero-order valence-electron chi connectivity index (χ0n) is 13.3. The van der Waals surface area contributed by atoms with Gasteiger partial charge >= 0.3 is 0 Å². The van der Waals surface area contributed by atoms with Gasteiger partial charge in [-0.2, -0.15) is 0 Å². The molecule has 5 heteroatoms. The second kappa shape index (κ2) is 7.57. The standard InChI is InChI=1S/C19H21NO4/c21-12-18(23)9-14-6-7-16-10-20(11-17(16)8-14)19(24-13-22)15-4-2-1-3-5-15/h1-8,13,18-19,21,23H,9-12H2. The van der Waals surface area contributed by atoms with E-state index in [-0.39, 0.29) is 6.61 Å². The van der Waals surface area contributed by atoms with E-state index >= 15 is 0 Å². The Morgan fingerprint density at radius 3 is 2.58 bits per heavy atom. The third-order valence-corrected chi connectivity index (χ3v) is 4.30. The molecule has 0 saturated heterocycles. The van der Waals surface area contributed by atoms with Crippen LogP contribution in [0.15, 0.2) is 48.5 Å². The lowest BCUT2D eigenvalue weighted by Crippen LogP contribution is -2.25. The molecule has 2 atom stereocenters. The monoisotopic (exact) mass is 327 g/mol. The molecular weight excluding hydrogens is 306 g/mol. The van der Waals surface area contributed by atoms with Crippen LogP contribution in [-0.2, 0) is 29.0 Å². The number of nitrogens with zero attached hydrogens (tertiary/aromatic N) is 1. The molecule has 1 aliphatic heterocycles. The van der Waals surface area contributed by atoms with Gasteiger partial charge in [0.15, 0.2) is 6.23 Å². The number of hydrogen-bond acceptors (Lipinski definition) is 5. The van der Waals surface area contributed by atoms with Crippen LogP contribution >= 0.6 is 0 Å². The van der Waals surface area contributed by atoms with Crippen LogP contribution in [0.2, 0.25) is 0 Å². The first-order chi connectivity index (χ1) is 11.7. The highest BCUT2D eigenvalue weighted by Gasteiger charge is 2.28. The first-order valence-corrected chi connectivity index (χ1v) is 7.99. The van der Waals surface area contributed by atoms with E-state index in [1.165, 1.54) is 5.56 Å². The Bertz CT molecular complexity index is 689. The maximum Gasteiger partial charge on any atom is 0.294 e. The van der Waals surface area contributed by atoms with Crippen LogP contribution in [0.3, 0.4) is 0 Å². The zero-order chi connectivity index (χ0) is 16.9. The Morgan fingerprint density at radius 1 is 1.12 bits per heavy atom. The average Bonchev–Trinajstić information content (AvgIpc) is 3.03. The van der Waals surface area contributed by atoms with Gasteiger partial charge in [0.25, 0.3) is 6.47 Å². The van der Waals surface area contributed by atoms with Crippen molar-refractivity contribution in [1.29, 1.82) is 0 Å². The normalized spacial score (nSPS) is 16.4. The molecule has 0 radical (unpaired) electrons. The van der Waals surface area contributed by atoms with Crippen molar-refractivity contribution in [3.63, 3.8) is 0 Å². The second-order valence-electron chi connectivity index (χ2n) is 6.04. The third kappa shape index (κ3) is 3.64. The first kappa shape index (κ1) is 16.6. The number of aliphatic hydroxyl groups excluding tert-OH is 2. The minimum atomic E-state index is -0.740. The molecule has 2 aromatic carbocycles. The molecule has 1 aliphatic rings. The van der Waals surface area contributed by atoms with Crippen LogP contribution in [0.4, 0.5) is 0 Å². The topological polar surface area (TPSA) is 70.0 Å². The van der Waals surface area contributed by atoms with Gasteiger partial charge in [-0.3, -0.25) is 9.69 Å². The number of hydrogen-bond donors (Lipinski definition) is 2. The van der Waals surface area contributed by atoms with Crippen LogP contribution in [0.25, 0.3) is 0 Å². The van der Waals surface area contributed by atoms with E-state index in [0.29, 0.717) is 26.0 Å². The van der Waals surface area contributed by atoms with E-state index in [4.69, 9.17) is 9.84 Å². The summed E-state index contributed by atoms with van der Waals surface area (Å²) in [7, 11) is 0. The Balaban J connectivity index is 1.78. The molecule has 0 aromatic heterocycles. The SMILES string of the molecule is O=COC(c1ccccc1)N1Cc2ccc(CC(O)CO)cc2C1. The van der Waals surface area contributed by atoms with E-state index < -0.39 is 12.3 Å². The van der Waals surface area contributed by atoms with Crippen molar-refractivity contribution < 1.29 is 19.7 Å². The summed E-state index contributed by atoms with van der Waals surface area (Å²) < 4.78 is 5.33. The number of aliphatic hydroxyl groups is 2. The zero-order valence-corrected chi connectivity index (χ0v) is 13.3. The van der Waals surface area contributed by atoms with Crippen LogP contribution in [0.1, 0.15) is 28.5 Å². The third-order valence-electron chi connectivity index (χ3n) is 4.30. The molecule has 2 N–H and O–H groups in total. The predicted octanol–water partition coefficient (Wildman–Crippen LogP) is 1.77. The fraction of sp³-hybridized carbons (Fsp3) is 0.316. The van der Waals surface area contributed by atoms with E-state index in [2.05, 4.69) is 11.0 Å². The van der Waals surface area contributed by atoms with Gasteiger partial charge in [0.05, 0.1) is 12.7 Å². The molecule has 0 bridgehead atoms. The van der Waals surface area contributed by atoms with Crippen molar-refractivity contribution >= 4 is 6.47 Å². The molecule has 1 heterocycles. The Kier molecular flexibility index (Phi) is 5.25. The highest BCUT2D eigenvalue weighted by atomic mass is 16.5. The van der Waals surface area contributed by atoms with Crippen LogP contribution in [0.5, 0.6) is 0 Å². The smallest absolute Gasteiger partial charge is 0.294 e. The number of carbonyl (C=O) groups excluding carboxylic acids is 1. The van der Waals surface area contributed by atoms with E-state index in [9.17, 15) is 9.90 Å². The lowest BCUT2D eigenvalue weighted by molar-refractivity contribution is -0.145. The molecule has 2 aromatic rings. The Hall–Kier alpha value is -2.21. The van der Waals surface area contributed by atoms with Gasteiger partial charge < -0.3 is 14.9 Å². The maximum absolute atomic E-state index is 10.9. The van der Waals surface area contributed by atoms with Gasteiger partial charge in [-0.15, -0.1) is 0 Å². The summed E-state index contributed by atoms with van der Waals surface area (Å²) in [5.41, 5.74) is 4.28. The molecule has 0 aliphatic carbocycles. The summed E-state index contributed by atoms with van der Waals surface area (Å²) in [6, 6.07) is 15.7. The highest BCUT2D eigenvalue weighted by molar-refractivity contribution is 5.40. The molecule has 5 nitrogen and oxygen atoms in total. The molecule has 0 spiro atoms. The number of benzene rings is 2. The molecule has 0 amide bonds. The summed E-state index contributed by atoms with van der Waals surface area (Å²) in [4.78, 5) is 13.0. The van der Waals surface area contributed by atoms with Gasteiger partial charge in [-0.05, 0) is 16.7 Å². The number of rotatable bonds is 7. The van der Waals surface area contributed by atoms with Crippen molar-refractivity contribution in [1.82, 2.24) is 4.90 Å². The molecule has 126 valence electrons. The van der Waals surface area contributed by atoms with E-state index in [1.807, 2.05) is 42.5 Å². The number of fused-ring (bicyclic) bond motifs is 1. The average molecular weight is 327 g/mol. The van der Waals surface area contributed by atoms with Crippen molar-refractivity contribution in [2.24, 2.45) is 0 Å². The molecule has 0 saturated carbocycles. The number of carbonyl (C=O) groups is 1. The van der Waals surface area contributed by atoms with Crippen molar-refractivity contribution in [3.8, 4) is 0 Å². The second-order valence-corrected chi connectivity index (χ2v) is 6.04. The van der Waals surface area contributed by atoms with Gasteiger partial charge in [-0.25, -0.2) is 0 Å². The van der Waals surface area contributed by atoms with Crippen LogP contribution in [-0.4, -0.2) is 34.3 Å². The first-order valence-electron chi connectivity index (χ1n) is 7.99. The van der Waals surface area contributed by atoms with Gasteiger partial charge in [0.1, 0.15) is 0 Å². The quantitative estimate of drug-likeness (QED) is 0.759. The van der Waals surface area contributed by atoms with Gasteiger partial charge in [0.2, 0.25) is 0 Å². The Labute approximate surface area is 141 Å². The van der Waals surface area contributed by atoms with Gasteiger partial charge in [0, 0.05) is 25.1 Å². The summed E-state index contributed by atoms with van der Waals surface area (Å²) >= 11 is 0. The molecule has 24 heavy (non-hydrogen) atoms. The number of ether oxygens (including phenoxy) is 1. The summed E-state index contributed by atoms with van der Waals surface area (Å²) in [6.07, 6.45) is -0.727. The van der Waals surface area contributed by atoms with Gasteiger partial charge in [-0.1, -0.05) is 48.5 Å². The fourth-order valence-corrected chi connectivity index (χ4v) is 3.15. The predicted molar refractivity (Wildman–Crippen MR) is 88.8 cm³/mol. The minimum absolute atomic E-state index is 0.244.